The van der Waals surface area contributed by atoms with Crippen molar-refractivity contribution >= 4 is 28.6 Å². The van der Waals surface area contributed by atoms with E-state index in [1.54, 1.807) is 13.1 Å². The van der Waals surface area contributed by atoms with Crippen molar-refractivity contribution in [2.75, 3.05) is 20.1 Å². The molecule has 0 unspecified atom stereocenters. The molecule has 4 rings (SSSR count). The SMILES string of the molecule is CNC(=O)C[C@H]1C(=O)NCCN1Cc1ccc2c3c(cccc13)C(=O)OC2. The standard InChI is InChI=1S/C20H21N3O4/c1-21-17(24)9-16-19(25)22-7-8-23(16)10-12-5-6-13-11-27-20(26)15-4-2-3-14(12)18(13)15/h2-6,16H,7-11H2,1H3,(H,21,24)(H,22,25)/t16-/m0/s1. The highest BCUT2D eigenvalue weighted by atomic mass is 16.5. The Balaban J connectivity index is 1.70. The van der Waals surface area contributed by atoms with Crippen molar-refractivity contribution in [3.05, 3.63) is 47.0 Å². The zero-order valence-corrected chi connectivity index (χ0v) is 15.1. The summed E-state index contributed by atoms with van der Waals surface area (Å²) in [6.07, 6.45) is 0.121. The third-order valence-corrected chi connectivity index (χ3v) is 5.27. The first-order valence-electron chi connectivity index (χ1n) is 9.01. The molecule has 2 amide bonds. The molecule has 0 saturated carbocycles. The van der Waals surface area contributed by atoms with Gasteiger partial charge in [-0.25, -0.2) is 4.79 Å². The molecule has 1 saturated heterocycles. The van der Waals surface area contributed by atoms with E-state index in [0.29, 0.717) is 25.2 Å². The first-order chi connectivity index (χ1) is 13.1. The molecular weight excluding hydrogens is 346 g/mol. The number of nitrogens with zero attached hydrogens (tertiary/aromatic N) is 1. The van der Waals surface area contributed by atoms with Crippen LogP contribution in [0.3, 0.4) is 0 Å². The van der Waals surface area contributed by atoms with E-state index in [2.05, 4.69) is 10.6 Å². The summed E-state index contributed by atoms with van der Waals surface area (Å²) < 4.78 is 5.22. The van der Waals surface area contributed by atoms with Crippen LogP contribution in [0.5, 0.6) is 0 Å². The van der Waals surface area contributed by atoms with Crippen LogP contribution in [0.2, 0.25) is 0 Å². The van der Waals surface area contributed by atoms with Gasteiger partial charge in [0.25, 0.3) is 0 Å². The number of amides is 2. The fourth-order valence-corrected chi connectivity index (χ4v) is 3.86. The molecule has 1 atom stereocenters. The first kappa shape index (κ1) is 17.5. The Morgan fingerprint density at radius 2 is 2.15 bits per heavy atom. The van der Waals surface area contributed by atoms with Gasteiger partial charge in [-0.3, -0.25) is 14.5 Å². The van der Waals surface area contributed by atoms with Crippen LogP contribution in [0, 0.1) is 0 Å². The van der Waals surface area contributed by atoms with Crippen molar-refractivity contribution in [1.29, 1.82) is 0 Å². The van der Waals surface area contributed by atoms with Crippen LogP contribution in [0.1, 0.15) is 27.9 Å². The van der Waals surface area contributed by atoms with Gasteiger partial charge >= 0.3 is 5.97 Å². The maximum absolute atomic E-state index is 12.3. The van der Waals surface area contributed by atoms with Gasteiger partial charge in [-0.1, -0.05) is 24.3 Å². The van der Waals surface area contributed by atoms with Gasteiger partial charge in [0.1, 0.15) is 6.61 Å². The fraction of sp³-hybridized carbons (Fsp3) is 0.350. The molecule has 2 aromatic carbocycles. The van der Waals surface area contributed by atoms with E-state index in [-0.39, 0.29) is 30.8 Å². The molecule has 2 aliphatic rings. The van der Waals surface area contributed by atoms with E-state index in [9.17, 15) is 14.4 Å². The van der Waals surface area contributed by atoms with Crippen LogP contribution < -0.4 is 10.6 Å². The largest absolute Gasteiger partial charge is 0.457 e. The van der Waals surface area contributed by atoms with E-state index in [0.717, 1.165) is 21.9 Å². The summed E-state index contributed by atoms with van der Waals surface area (Å²) in [4.78, 5) is 38.3. The Labute approximate surface area is 156 Å². The molecule has 7 heteroatoms. The van der Waals surface area contributed by atoms with Crippen LogP contribution in [0.25, 0.3) is 10.8 Å². The predicted octanol–water partition coefficient (Wildman–Crippen LogP) is 0.947. The normalized spacial score (nSPS) is 19.5. The molecule has 2 aromatic rings. The number of carbonyl (C=O) groups is 3. The molecule has 2 aliphatic heterocycles. The zero-order valence-electron chi connectivity index (χ0n) is 15.1. The zero-order chi connectivity index (χ0) is 19.0. The number of piperazine rings is 1. The van der Waals surface area contributed by atoms with Crippen LogP contribution in [0.15, 0.2) is 30.3 Å². The van der Waals surface area contributed by atoms with Gasteiger partial charge < -0.3 is 15.4 Å². The molecule has 2 N–H and O–H groups in total. The van der Waals surface area contributed by atoms with Gasteiger partial charge in [0.15, 0.2) is 0 Å². The average molecular weight is 367 g/mol. The highest BCUT2D eigenvalue weighted by Crippen LogP contribution is 2.32. The molecule has 1 fully saturated rings. The lowest BCUT2D eigenvalue weighted by atomic mass is 9.93. The maximum atomic E-state index is 12.3. The molecule has 140 valence electrons. The van der Waals surface area contributed by atoms with Crippen LogP contribution in [-0.2, 0) is 27.5 Å². The first-order valence-corrected chi connectivity index (χ1v) is 9.01. The van der Waals surface area contributed by atoms with Gasteiger partial charge in [0.2, 0.25) is 11.8 Å². The second-order valence-corrected chi connectivity index (χ2v) is 6.84. The van der Waals surface area contributed by atoms with E-state index >= 15 is 0 Å². The molecular formula is C20H21N3O4. The average Bonchev–Trinajstić information content (AvgIpc) is 2.68. The van der Waals surface area contributed by atoms with Crippen LogP contribution in [0.4, 0.5) is 0 Å². The number of cyclic esters (lactones) is 1. The third kappa shape index (κ3) is 3.14. The van der Waals surface area contributed by atoms with E-state index in [1.807, 2.05) is 29.2 Å². The minimum atomic E-state index is -0.505. The van der Waals surface area contributed by atoms with Crippen molar-refractivity contribution in [3.63, 3.8) is 0 Å². The Morgan fingerprint density at radius 1 is 1.30 bits per heavy atom. The smallest absolute Gasteiger partial charge is 0.339 e. The summed E-state index contributed by atoms with van der Waals surface area (Å²) >= 11 is 0. The highest BCUT2D eigenvalue weighted by molar-refractivity contribution is 6.08. The van der Waals surface area contributed by atoms with Gasteiger partial charge in [-0.05, 0) is 22.6 Å². The lowest BCUT2D eigenvalue weighted by Crippen LogP contribution is -2.56. The van der Waals surface area contributed by atoms with E-state index in [1.165, 1.54) is 0 Å². The summed E-state index contributed by atoms with van der Waals surface area (Å²) in [6.45, 7) is 2.03. The van der Waals surface area contributed by atoms with Crippen molar-refractivity contribution in [1.82, 2.24) is 15.5 Å². The van der Waals surface area contributed by atoms with E-state index < -0.39 is 6.04 Å². The summed E-state index contributed by atoms with van der Waals surface area (Å²) in [5.74, 6) is -0.599. The maximum Gasteiger partial charge on any atom is 0.339 e. The van der Waals surface area contributed by atoms with Gasteiger partial charge in [-0.2, -0.15) is 0 Å². The van der Waals surface area contributed by atoms with Crippen LogP contribution in [-0.4, -0.2) is 48.9 Å². The van der Waals surface area contributed by atoms with E-state index in [4.69, 9.17) is 4.74 Å². The molecule has 7 nitrogen and oxygen atoms in total. The molecule has 0 spiro atoms. The minimum Gasteiger partial charge on any atom is -0.457 e. The van der Waals surface area contributed by atoms with Crippen molar-refractivity contribution in [2.24, 2.45) is 0 Å². The predicted molar refractivity (Wildman–Crippen MR) is 99.0 cm³/mol. The van der Waals surface area contributed by atoms with Crippen molar-refractivity contribution in [3.8, 4) is 0 Å². The summed E-state index contributed by atoms with van der Waals surface area (Å²) in [5, 5.41) is 7.34. The molecule has 27 heavy (non-hydrogen) atoms. The number of hydrogen-bond acceptors (Lipinski definition) is 5. The Kier molecular flexibility index (Phi) is 4.53. The van der Waals surface area contributed by atoms with Gasteiger partial charge in [-0.15, -0.1) is 0 Å². The summed E-state index contributed by atoms with van der Waals surface area (Å²) in [5.41, 5.74) is 2.60. The topological polar surface area (TPSA) is 87.7 Å². The van der Waals surface area contributed by atoms with Crippen molar-refractivity contribution in [2.45, 2.75) is 25.6 Å². The van der Waals surface area contributed by atoms with Gasteiger partial charge in [0.05, 0.1) is 18.0 Å². The quantitative estimate of drug-likeness (QED) is 0.786. The number of esters is 1. The fourth-order valence-electron chi connectivity index (χ4n) is 3.86. The van der Waals surface area contributed by atoms with Crippen LogP contribution >= 0.6 is 0 Å². The summed E-state index contributed by atoms with van der Waals surface area (Å²) in [7, 11) is 1.57. The number of nitrogens with one attached hydrogen (secondary N) is 2. The number of hydrogen-bond donors (Lipinski definition) is 2. The number of carbonyl (C=O) groups excluding carboxylic acids is 3. The monoisotopic (exact) mass is 367 g/mol. The lowest BCUT2D eigenvalue weighted by Gasteiger charge is -2.35. The minimum absolute atomic E-state index is 0.121. The highest BCUT2D eigenvalue weighted by Gasteiger charge is 2.32. The molecule has 2 heterocycles. The Morgan fingerprint density at radius 3 is 2.96 bits per heavy atom. The second kappa shape index (κ2) is 7.00. The molecule has 0 bridgehead atoms. The molecule has 0 aromatic heterocycles. The number of benzene rings is 2. The van der Waals surface area contributed by atoms with Gasteiger partial charge in [0, 0.05) is 32.1 Å². The number of rotatable bonds is 4. The molecule has 0 aliphatic carbocycles. The Bertz CT molecular complexity index is 940. The summed E-state index contributed by atoms with van der Waals surface area (Å²) in [6, 6.07) is 9.11. The molecule has 0 radical (unpaired) electrons. The lowest BCUT2D eigenvalue weighted by molar-refractivity contribution is -0.134. The number of ether oxygens (including phenoxy) is 1. The third-order valence-electron chi connectivity index (χ3n) is 5.27. The second-order valence-electron chi connectivity index (χ2n) is 6.84. The Hall–Kier alpha value is -2.93. The van der Waals surface area contributed by atoms with Crippen molar-refractivity contribution < 1.29 is 19.1 Å².